The highest BCUT2D eigenvalue weighted by Crippen LogP contribution is 2.69. The van der Waals surface area contributed by atoms with Gasteiger partial charge in [0.15, 0.2) is 0 Å². The molecule has 4 aliphatic rings. The van der Waals surface area contributed by atoms with Crippen LogP contribution >= 0.6 is 0 Å². The van der Waals surface area contributed by atoms with E-state index in [0.717, 1.165) is 32.1 Å². The third-order valence-electron chi connectivity index (χ3n) is 6.73. The molecule has 0 radical (unpaired) electrons. The van der Waals surface area contributed by atoms with Crippen LogP contribution in [0.4, 0.5) is 0 Å². The minimum atomic E-state index is -0.718. The van der Waals surface area contributed by atoms with Crippen LogP contribution in [-0.2, 0) is 9.59 Å². The van der Waals surface area contributed by atoms with Crippen molar-refractivity contribution in [3.63, 3.8) is 0 Å². The van der Waals surface area contributed by atoms with Gasteiger partial charge >= 0.3 is 11.9 Å². The van der Waals surface area contributed by atoms with Crippen molar-refractivity contribution in [3.05, 3.63) is 0 Å². The fraction of sp³-hybridized carbons (Fsp3) is 0.875. The maximum Gasteiger partial charge on any atom is 0.306 e. The molecule has 4 rings (SSSR count). The molecule has 0 saturated heterocycles. The van der Waals surface area contributed by atoms with Gasteiger partial charge in [0.1, 0.15) is 0 Å². The Bertz CT molecular complexity index is 403. The summed E-state index contributed by atoms with van der Waals surface area (Å²) in [4.78, 5) is 23.0. The summed E-state index contributed by atoms with van der Waals surface area (Å²) < 4.78 is 0. The number of carbonyl (C=O) groups is 2. The first-order chi connectivity index (χ1) is 9.28. The minimum Gasteiger partial charge on any atom is -0.481 e. The van der Waals surface area contributed by atoms with Crippen LogP contribution in [0.5, 0.6) is 0 Å². The van der Waals surface area contributed by atoms with Gasteiger partial charge in [-0.1, -0.05) is 13.8 Å². The van der Waals surface area contributed by atoms with Gasteiger partial charge in [-0.25, -0.2) is 0 Å². The van der Waals surface area contributed by atoms with E-state index in [0.29, 0.717) is 11.8 Å². The number of aliphatic carboxylic acids is 2. The smallest absolute Gasteiger partial charge is 0.306 e. The van der Waals surface area contributed by atoms with Crippen molar-refractivity contribution in [1.82, 2.24) is 0 Å². The molecule has 4 nitrogen and oxygen atoms in total. The van der Waals surface area contributed by atoms with E-state index in [9.17, 15) is 19.8 Å². The topological polar surface area (TPSA) is 74.6 Å². The lowest BCUT2D eigenvalue weighted by Crippen LogP contribution is -2.58. The molecule has 2 atom stereocenters. The van der Waals surface area contributed by atoms with Crippen LogP contribution in [0.1, 0.15) is 52.4 Å². The highest BCUT2D eigenvalue weighted by Gasteiger charge is 2.62. The molecule has 0 aromatic rings. The quantitative estimate of drug-likeness (QED) is 0.830. The molecule has 112 valence electrons. The molecule has 2 N–H and O–H groups in total. The van der Waals surface area contributed by atoms with Gasteiger partial charge in [-0.15, -0.1) is 0 Å². The summed E-state index contributed by atoms with van der Waals surface area (Å²) in [5.41, 5.74) is -0.306. The van der Waals surface area contributed by atoms with Crippen molar-refractivity contribution in [1.29, 1.82) is 0 Å². The standard InChI is InChI=1S/C16H24O4/c1-9(13(17)18)15-4-11-3-12(5-15)7-16(6-11,8-15)10(2)14(19)20/h9-12H,3-8H2,1-2H3,(H,17,18)(H,19,20). The normalized spacial score (nSPS) is 45.1. The van der Waals surface area contributed by atoms with Crippen molar-refractivity contribution in [2.75, 3.05) is 0 Å². The first kappa shape index (κ1) is 13.9. The molecule has 2 unspecified atom stereocenters. The number of carboxylic acid groups (broad SMARTS) is 2. The molecular formula is C16H24O4. The van der Waals surface area contributed by atoms with Crippen molar-refractivity contribution in [2.45, 2.75) is 52.4 Å². The van der Waals surface area contributed by atoms with Crippen LogP contribution in [0, 0.1) is 34.5 Å². The van der Waals surface area contributed by atoms with Crippen molar-refractivity contribution >= 4 is 11.9 Å². The molecule has 4 saturated carbocycles. The van der Waals surface area contributed by atoms with Crippen LogP contribution < -0.4 is 0 Å². The van der Waals surface area contributed by atoms with E-state index in [1.54, 1.807) is 0 Å². The average molecular weight is 280 g/mol. The van der Waals surface area contributed by atoms with E-state index < -0.39 is 11.9 Å². The molecule has 0 aliphatic heterocycles. The van der Waals surface area contributed by atoms with Gasteiger partial charge in [0.2, 0.25) is 0 Å². The van der Waals surface area contributed by atoms with E-state index in [1.165, 1.54) is 6.42 Å². The second kappa shape index (κ2) is 4.22. The Morgan fingerprint density at radius 3 is 1.55 bits per heavy atom. The van der Waals surface area contributed by atoms with Crippen LogP contribution in [0.15, 0.2) is 0 Å². The van der Waals surface area contributed by atoms with E-state index in [4.69, 9.17) is 0 Å². The third-order valence-corrected chi connectivity index (χ3v) is 6.73. The van der Waals surface area contributed by atoms with E-state index in [-0.39, 0.29) is 22.7 Å². The molecule has 4 bridgehead atoms. The number of carboxylic acids is 2. The van der Waals surface area contributed by atoms with E-state index in [2.05, 4.69) is 0 Å². The molecule has 0 aromatic heterocycles. The van der Waals surface area contributed by atoms with Gasteiger partial charge in [-0.3, -0.25) is 9.59 Å². The summed E-state index contributed by atoms with van der Waals surface area (Å²) in [6, 6.07) is 0. The Morgan fingerprint density at radius 2 is 1.25 bits per heavy atom. The van der Waals surface area contributed by atoms with Crippen molar-refractivity contribution in [2.24, 2.45) is 34.5 Å². The second-order valence-electron chi connectivity index (χ2n) is 7.81. The molecule has 0 spiro atoms. The van der Waals surface area contributed by atoms with Gasteiger partial charge in [-0.2, -0.15) is 0 Å². The summed E-state index contributed by atoms with van der Waals surface area (Å²) >= 11 is 0. The van der Waals surface area contributed by atoms with Crippen LogP contribution in [0.2, 0.25) is 0 Å². The summed E-state index contributed by atoms with van der Waals surface area (Å²) in [5.74, 6) is -1.06. The van der Waals surface area contributed by atoms with Crippen LogP contribution in [0.3, 0.4) is 0 Å². The Labute approximate surface area is 119 Å². The van der Waals surface area contributed by atoms with Crippen molar-refractivity contribution in [3.8, 4) is 0 Å². The van der Waals surface area contributed by atoms with Gasteiger partial charge < -0.3 is 10.2 Å². The third kappa shape index (κ3) is 1.80. The number of rotatable bonds is 4. The maximum absolute atomic E-state index is 11.5. The molecular weight excluding hydrogens is 256 g/mol. The number of hydrogen-bond acceptors (Lipinski definition) is 2. The monoisotopic (exact) mass is 280 g/mol. The highest BCUT2D eigenvalue weighted by molar-refractivity contribution is 5.72. The predicted octanol–water partition coefficient (Wildman–Crippen LogP) is 3.01. The summed E-state index contributed by atoms with van der Waals surface area (Å²) in [5, 5.41) is 18.9. The van der Waals surface area contributed by atoms with Gasteiger partial charge in [-0.05, 0) is 61.2 Å². The zero-order chi connectivity index (χ0) is 14.7. The molecule has 4 heteroatoms. The molecule has 4 aliphatic carbocycles. The van der Waals surface area contributed by atoms with Gasteiger partial charge in [0.25, 0.3) is 0 Å². The fourth-order valence-electron chi connectivity index (χ4n) is 5.94. The number of hydrogen-bond donors (Lipinski definition) is 2. The Hall–Kier alpha value is -1.06. The average Bonchev–Trinajstić information content (AvgIpc) is 2.35. The molecule has 4 fully saturated rings. The first-order valence-electron chi connectivity index (χ1n) is 7.74. The lowest BCUT2D eigenvalue weighted by atomic mass is 9.40. The van der Waals surface area contributed by atoms with Crippen LogP contribution in [-0.4, -0.2) is 22.2 Å². The summed E-state index contributed by atoms with van der Waals surface area (Å²) in [7, 11) is 0. The minimum absolute atomic E-state index is 0.153. The Kier molecular flexibility index (Phi) is 2.93. The summed E-state index contributed by atoms with van der Waals surface area (Å²) in [6.45, 7) is 3.66. The summed E-state index contributed by atoms with van der Waals surface area (Å²) in [6.07, 6.45) is 5.95. The highest BCUT2D eigenvalue weighted by atomic mass is 16.4. The Morgan fingerprint density at radius 1 is 0.900 bits per heavy atom. The molecule has 0 amide bonds. The molecule has 20 heavy (non-hydrogen) atoms. The second-order valence-corrected chi connectivity index (χ2v) is 7.81. The van der Waals surface area contributed by atoms with Crippen LogP contribution in [0.25, 0.3) is 0 Å². The predicted molar refractivity (Wildman–Crippen MR) is 73.1 cm³/mol. The zero-order valence-corrected chi connectivity index (χ0v) is 12.3. The molecule has 0 aromatic carbocycles. The molecule has 0 heterocycles. The lowest BCUT2D eigenvalue weighted by Gasteiger charge is -2.64. The maximum atomic E-state index is 11.5. The Balaban J connectivity index is 1.97. The van der Waals surface area contributed by atoms with Gasteiger partial charge in [0.05, 0.1) is 11.8 Å². The van der Waals surface area contributed by atoms with E-state index >= 15 is 0 Å². The fourth-order valence-corrected chi connectivity index (χ4v) is 5.94. The largest absolute Gasteiger partial charge is 0.481 e. The SMILES string of the molecule is CC(C(=O)O)C12CC3CC(C1)CC(C(C)C(=O)O)(C3)C2. The zero-order valence-electron chi connectivity index (χ0n) is 12.3. The van der Waals surface area contributed by atoms with Gasteiger partial charge in [0, 0.05) is 0 Å². The first-order valence-corrected chi connectivity index (χ1v) is 7.74. The lowest BCUT2D eigenvalue weighted by molar-refractivity contribution is -0.182. The van der Waals surface area contributed by atoms with Crippen molar-refractivity contribution < 1.29 is 19.8 Å². The van der Waals surface area contributed by atoms with E-state index in [1.807, 2.05) is 13.8 Å².